The summed E-state index contributed by atoms with van der Waals surface area (Å²) in [5.41, 5.74) is 8.20. The second-order valence-electron chi connectivity index (χ2n) is 4.28. The zero-order valence-electron chi connectivity index (χ0n) is 11.2. The van der Waals surface area contributed by atoms with Gasteiger partial charge in [0, 0.05) is 19.3 Å². The number of hydrogen-bond donors (Lipinski definition) is 1. The molecule has 1 aliphatic rings. The average molecular weight is 376 g/mol. The second-order valence-corrected chi connectivity index (χ2v) is 4.28. The van der Waals surface area contributed by atoms with Crippen LogP contribution in [0.2, 0.25) is 0 Å². The van der Waals surface area contributed by atoms with E-state index in [1.807, 2.05) is 17.2 Å². The smallest absolute Gasteiger partial charge is 0.191 e. The van der Waals surface area contributed by atoms with Gasteiger partial charge in [0.25, 0.3) is 0 Å². The predicted molar refractivity (Wildman–Crippen MR) is 86.7 cm³/mol. The van der Waals surface area contributed by atoms with Crippen LogP contribution in [0.4, 0.5) is 0 Å². The van der Waals surface area contributed by atoms with Crippen molar-refractivity contribution in [1.82, 2.24) is 9.88 Å². The van der Waals surface area contributed by atoms with Crippen LogP contribution < -0.4 is 5.73 Å². The van der Waals surface area contributed by atoms with Crippen molar-refractivity contribution in [2.45, 2.75) is 19.9 Å². The van der Waals surface area contributed by atoms with Crippen molar-refractivity contribution in [1.29, 1.82) is 0 Å². The van der Waals surface area contributed by atoms with Gasteiger partial charge in [-0.2, -0.15) is 0 Å². The lowest BCUT2D eigenvalue weighted by molar-refractivity contribution is 0.0674. The standard InChI is InChI=1S/C13H20N4O.HI/c1-2-11-3-4-15-12(9-11)10-16-13(14)17-5-7-18-8-6-17;/h3-4,9H,2,5-8,10H2,1H3,(H2,14,16);1H. The third kappa shape index (κ3) is 4.94. The highest BCUT2D eigenvalue weighted by atomic mass is 127. The molecule has 6 heteroatoms. The molecule has 1 aromatic heterocycles. The summed E-state index contributed by atoms with van der Waals surface area (Å²) in [5, 5.41) is 0. The predicted octanol–water partition coefficient (Wildman–Crippen LogP) is 1.41. The van der Waals surface area contributed by atoms with Crippen molar-refractivity contribution in [3.8, 4) is 0 Å². The fourth-order valence-corrected chi connectivity index (χ4v) is 1.89. The van der Waals surface area contributed by atoms with Gasteiger partial charge >= 0.3 is 0 Å². The van der Waals surface area contributed by atoms with Gasteiger partial charge in [-0.05, 0) is 24.1 Å². The normalized spacial score (nSPS) is 16.1. The van der Waals surface area contributed by atoms with Gasteiger partial charge < -0.3 is 15.4 Å². The van der Waals surface area contributed by atoms with E-state index in [0.29, 0.717) is 12.5 Å². The van der Waals surface area contributed by atoms with Crippen LogP contribution >= 0.6 is 24.0 Å². The molecule has 2 rings (SSSR count). The van der Waals surface area contributed by atoms with E-state index in [-0.39, 0.29) is 24.0 Å². The molecule has 0 bridgehead atoms. The van der Waals surface area contributed by atoms with Crippen LogP contribution in [0.25, 0.3) is 0 Å². The molecule has 1 fully saturated rings. The van der Waals surface area contributed by atoms with Crippen LogP contribution in [-0.2, 0) is 17.7 Å². The number of aryl methyl sites for hydroxylation is 1. The van der Waals surface area contributed by atoms with Crippen LogP contribution in [0.3, 0.4) is 0 Å². The van der Waals surface area contributed by atoms with Crippen molar-refractivity contribution < 1.29 is 4.74 Å². The number of morpholine rings is 1. The van der Waals surface area contributed by atoms with Gasteiger partial charge in [-0.15, -0.1) is 24.0 Å². The lowest BCUT2D eigenvalue weighted by Crippen LogP contribution is -2.44. The van der Waals surface area contributed by atoms with Gasteiger partial charge in [-0.1, -0.05) is 6.92 Å². The first-order valence-electron chi connectivity index (χ1n) is 6.36. The maximum atomic E-state index is 5.96. The molecule has 0 unspecified atom stereocenters. The van der Waals surface area contributed by atoms with Gasteiger partial charge in [-0.3, -0.25) is 4.98 Å². The SMILES string of the molecule is CCc1ccnc(CN=C(N)N2CCOCC2)c1.I. The Hall–Kier alpha value is -0.890. The number of hydrogen-bond acceptors (Lipinski definition) is 3. The number of guanidine groups is 1. The minimum absolute atomic E-state index is 0. The Balaban J connectivity index is 0.00000180. The first-order valence-corrected chi connectivity index (χ1v) is 6.36. The number of nitrogens with zero attached hydrogens (tertiary/aromatic N) is 3. The summed E-state index contributed by atoms with van der Waals surface area (Å²) >= 11 is 0. The van der Waals surface area contributed by atoms with Gasteiger partial charge in [0.1, 0.15) is 0 Å². The molecule has 0 saturated carbocycles. The van der Waals surface area contributed by atoms with E-state index >= 15 is 0 Å². The van der Waals surface area contributed by atoms with Crippen LogP contribution in [0, 0.1) is 0 Å². The van der Waals surface area contributed by atoms with Gasteiger partial charge in [0.2, 0.25) is 0 Å². The molecule has 0 atom stereocenters. The number of pyridine rings is 1. The maximum Gasteiger partial charge on any atom is 0.191 e. The molecule has 0 amide bonds. The number of nitrogens with two attached hydrogens (primary N) is 1. The molecule has 106 valence electrons. The third-order valence-electron chi connectivity index (χ3n) is 3.03. The van der Waals surface area contributed by atoms with Crippen molar-refractivity contribution >= 4 is 29.9 Å². The van der Waals surface area contributed by atoms with Crippen molar-refractivity contribution in [2.75, 3.05) is 26.3 Å². The minimum atomic E-state index is 0. The zero-order valence-corrected chi connectivity index (χ0v) is 13.5. The fourth-order valence-electron chi connectivity index (χ4n) is 1.89. The molecule has 1 aliphatic heterocycles. The topological polar surface area (TPSA) is 63.7 Å². The van der Waals surface area contributed by atoms with Crippen LogP contribution in [-0.4, -0.2) is 42.1 Å². The molecule has 2 heterocycles. The van der Waals surface area contributed by atoms with Crippen LogP contribution in [0.1, 0.15) is 18.2 Å². The number of ether oxygens (including phenoxy) is 1. The maximum absolute atomic E-state index is 5.96. The quantitative estimate of drug-likeness (QED) is 0.492. The minimum Gasteiger partial charge on any atom is -0.378 e. The molecule has 0 aliphatic carbocycles. The summed E-state index contributed by atoms with van der Waals surface area (Å²) in [6, 6.07) is 4.11. The first kappa shape index (κ1) is 16.2. The van der Waals surface area contributed by atoms with E-state index in [9.17, 15) is 0 Å². The summed E-state index contributed by atoms with van der Waals surface area (Å²) in [5.74, 6) is 0.585. The molecule has 19 heavy (non-hydrogen) atoms. The second kappa shape index (κ2) is 8.31. The lowest BCUT2D eigenvalue weighted by Gasteiger charge is -2.27. The van der Waals surface area contributed by atoms with Gasteiger partial charge in [0.15, 0.2) is 5.96 Å². The Morgan fingerprint density at radius 3 is 2.89 bits per heavy atom. The molecule has 0 spiro atoms. The van der Waals surface area contributed by atoms with E-state index in [2.05, 4.69) is 23.0 Å². The molecular weight excluding hydrogens is 355 g/mol. The Morgan fingerprint density at radius 1 is 1.47 bits per heavy atom. The largest absolute Gasteiger partial charge is 0.378 e. The van der Waals surface area contributed by atoms with Gasteiger partial charge in [0.05, 0.1) is 25.5 Å². The lowest BCUT2D eigenvalue weighted by atomic mass is 10.2. The highest BCUT2D eigenvalue weighted by molar-refractivity contribution is 14.0. The number of aromatic nitrogens is 1. The van der Waals surface area contributed by atoms with Crippen LogP contribution in [0.15, 0.2) is 23.3 Å². The van der Waals surface area contributed by atoms with E-state index in [0.717, 1.165) is 38.4 Å². The summed E-state index contributed by atoms with van der Waals surface area (Å²) in [6.45, 7) is 5.75. The molecule has 1 saturated heterocycles. The van der Waals surface area contributed by atoms with Crippen molar-refractivity contribution in [3.05, 3.63) is 29.6 Å². The third-order valence-corrected chi connectivity index (χ3v) is 3.03. The Morgan fingerprint density at radius 2 is 2.21 bits per heavy atom. The highest BCUT2D eigenvalue weighted by Gasteiger charge is 2.11. The first-order chi connectivity index (χ1) is 8.79. The fraction of sp³-hybridized carbons (Fsp3) is 0.538. The van der Waals surface area contributed by atoms with Gasteiger partial charge in [-0.25, -0.2) is 4.99 Å². The summed E-state index contributed by atoms with van der Waals surface area (Å²) in [6.07, 6.45) is 2.84. The molecule has 0 radical (unpaired) electrons. The van der Waals surface area contributed by atoms with E-state index in [1.165, 1.54) is 5.56 Å². The summed E-state index contributed by atoms with van der Waals surface area (Å²) in [7, 11) is 0. The molecule has 0 aromatic carbocycles. The van der Waals surface area contributed by atoms with Crippen LogP contribution in [0.5, 0.6) is 0 Å². The zero-order chi connectivity index (χ0) is 12.8. The Kier molecular flexibility index (Phi) is 7.07. The number of aliphatic imine (C=N–C) groups is 1. The molecular formula is C13H21IN4O. The Labute approximate surface area is 131 Å². The van der Waals surface area contributed by atoms with Crippen molar-refractivity contribution in [3.63, 3.8) is 0 Å². The highest BCUT2D eigenvalue weighted by Crippen LogP contribution is 2.04. The number of halogens is 1. The summed E-state index contributed by atoms with van der Waals surface area (Å²) in [4.78, 5) is 10.7. The van der Waals surface area contributed by atoms with E-state index in [4.69, 9.17) is 10.5 Å². The van der Waals surface area contributed by atoms with E-state index < -0.39 is 0 Å². The summed E-state index contributed by atoms with van der Waals surface area (Å²) < 4.78 is 5.28. The number of rotatable bonds is 3. The van der Waals surface area contributed by atoms with E-state index in [1.54, 1.807) is 0 Å². The average Bonchev–Trinajstić information content (AvgIpc) is 2.46. The van der Waals surface area contributed by atoms with Crippen molar-refractivity contribution in [2.24, 2.45) is 10.7 Å². The molecule has 1 aromatic rings. The Bertz CT molecular complexity index is 419. The molecule has 2 N–H and O–H groups in total. The monoisotopic (exact) mass is 376 g/mol. The molecule has 5 nitrogen and oxygen atoms in total.